The van der Waals surface area contributed by atoms with Gasteiger partial charge in [-0.05, 0) is 71.1 Å². The minimum Gasteiger partial charge on any atom is -0.384 e. The second-order valence-corrected chi connectivity index (χ2v) is 11.0. The summed E-state index contributed by atoms with van der Waals surface area (Å²) in [5.41, 5.74) is 16.7. The number of rotatable bonds is 9. The standard InChI is InChI=1S/C36H30F3N5O2/c37-36(38,39)21-44(19-7-17-40)35(46)33-25-10-3-1-8-23(25)26-14-15-28(31(32(26)33)22-13-16-30(41)43-20-22)34(45)27-11-4-2-9-24(27)29-12-5-6-18-42-29/h1-6,8-16,18,20,33H,7,17,19,21,40H2,(H2,41,43). The first-order valence-electron chi connectivity index (χ1n) is 14.8. The summed E-state index contributed by atoms with van der Waals surface area (Å²) in [7, 11) is 0. The maximum absolute atomic E-state index is 14.6. The van der Waals surface area contributed by atoms with Gasteiger partial charge in [0.1, 0.15) is 12.4 Å². The van der Waals surface area contributed by atoms with Crippen LogP contribution in [0.2, 0.25) is 0 Å². The van der Waals surface area contributed by atoms with E-state index in [2.05, 4.69) is 9.97 Å². The van der Waals surface area contributed by atoms with Gasteiger partial charge in [-0.25, -0.2) is 4.98 Å². The number of hydrogen-bond donors (Lipinski definition) is 2. The molecule has 0 spiro atoms. The Bertz CT molecular complexity index is 1910. The van der Waals surface area contributed by atoms with E-state index in [0.29, 0.717) is 50.2 Å². The third-order valence-corrected chi connectivity index (χ3v) is 8.09. The van der Waals surface area contributed by atoms with Crippen molar-refractivity contribution < 1.29 is 22.8 Å². The van der Waals surface area contributed by atoms with Gasteiger partial charge in [0.05, 0.1) is 11.6 Å². The predicted octanol–water partition coefficient (Wildman–Crippen LogP) is 6.48. The van der Waals surface area contributed by atoms with Gasteiger partial charge in [0, 0.05) is 41.2 Å². The van der Waals surface area contributed by atoms with Gasteiger partial charge in [0.15, 0.2) is 5.78 Å². The van der Waals surface area contributed by atoms with Crippen molar-refractivity contribution in [1.82, 2.24) is 14.9 Å². The summed E-state index contributed by atoms with van der Waals surface area (Å²) in [5, 5.41) is 0. The summed E-state index contributed by atoms with van der Waals surface area (Å²) in [4.78, 5) is 38.4. The summed E-state index contributed by atoms with van der Waals surface area (Å²) in [6, 6.07) is 26.4. The molecule has 1 amide bonds. The van der Waals surface area contributed by atoms with Gasteiger partial charge in [-0.3, -0.25) is 14.6 Å². The number of nitrogens with two attached hydrogens (primary N) is 2. The number of hydrogen-bond acceptors (Lipinski definition) is 6. The minimum atomic E-state index is -4.62. The van der Waals surface area contributed by atoms with Crippen LogP contribution < -0.4 is 11.5 Å². The average molecular weight is 622 g/mol. The van der Waals surface area contributed by atoms with Gasteiger partial charge >= 0.3 is 6.18 Å². The normalized spacial score (nSPS) is 13.6. The van der Waals surface area contributed by atoms with Crippen LogP contribution in [0.1, 0.15) is 39.4 Å². The number of halogens is 3. The highest BCUT2D eigenvalue weighted by molar-refractivity contribution is 6.17. The molecule has 7 nitrogen and oxygen atoms in total. The average Bonchev–Trinajstić information content (AvgIpc) is 3.40. The van der Waals surface area contributed by atoms with Crippen LogP contribution in [-0.2, 0) is 4.79 Å². The molecular formula is C36H30F3N5O2. The highest BCUT2D eigenvalue weighted by Gasteiger charge is 2.42. The maximum atomic E-state index is 14.6. The Morgan fingerprint density at radius 3 is 2.24 bits per heavy atom. The quantitative estimate of drug-likeness (QED) is 0.182. The lowest BCUT2D eigenvalue weighted by atomic mass is 9.83. The largest absolute Gasteiger partial charge is 0.406 e. The number of ketones is 1. The van der Waals surface area contributed by atoms with Gasteiger partial charge in [-0.1, -0.05) is 60.7 Å². The first kappa shape index (κ1) is 30.7. The fraction of sp³-hybridized carbons (Fsp3) is 0.167. The molecule has 1 atom stereocenters. The van der Waals surface area contributed by atoms with Gasteiger partial charge in [-0.15, -0.1) is 0 Å². The maximum Gasteiger partial charge on any atom is 0.406 e. The molecule has 1 aliphatic carbocycles. The molecule has 3 aromatic carbocycles. The van der Waals surface area contributed by atoms with Crippen LogP contribution in [0.15, 0.2) is 103 Å². The third-order valence-electron chi connectivity index (χ3n) is 8.09. The van der Waals surface area contributed by atoms with Crippen molar-refractivity contribution in [3.63, 3.8) is 0 Å². The second kappa shape index (κ2) is 12.6. The number of carbonyl (C=O) groups excluding carboxylic acids is 2. The molecule has 232 valence electrons. The fourth-order valence-electron chi connectivity index (χ4n) is 6.13. The monoisotopic (exact) mass is 621 g/mol. The van der Waals surface area contributed by atoms with Crippen LogP contribution in [0.25, 0.3) is 33.5 Å². The van der Waals surface area contributed by atoms with E-state index in [4.69, 9.17) is 11.5 Å². The van der Waals surface area contributed by atoms with E-state index in [-0.39, 0.29) is 36.7 Å². The van der Waals surface area contributed by atoms with Crippen molar-refractivity contribution in [2.75, 3.05) is 25.4 Å². The lowest BCUT2D eigenvalue weighted by molar-refractivity contribution is -0.161. The van der Waals surface area contributed by atoms with E-state index >= 15 is 0 Å². The molecule has 0 radical (unpaired) electrons. The number of carbonyl (C=O) groups is 2. The number of aromatic nitrogens is 2. The zero-order chi connectivity index (χ0) is 32.4. The van der Waals surface area contributed by atoms with Crippen molar-refractivity contribution in [3.05, 3.63) is 126 Å². The zero-order valence-electron chi connectivity index (χ0n) is 24.7. The van der Waals surface area contributed by atoms with Crippen molar-refractivity contribution >= 4 is 17.5 Å². The van der Waals surface area contributed by atoms with E-state index in [0.717, 1.165) is 4.90 Å². The first-order chi connectivity index (χ1) is 22.2. The first-order valence-corrected chi connectivity index (χ1v) is 14.8. The molecule has 0 saturated carbocycles. The number of fused-ring (bicyclic) bond motifs is 3. The Balaban J connectivity index is 1.60. The third kappa shape index (κ3) is 5.87. The van der Waals surface area contributed by atoms with E-state index in [1.54, 1.807) is 60.8 Å². The summed E-state index contributed by atoms with van der Waals surface area (Å²) < 4.78 is 41.4. The number of alkyl halides is 3. The van der Waals surface area contributed by atoms with Crippen LogP contribution in [0, 0.1) is 0 Å². The lowest BCUT2D eigenvalue weighted by Gasteiger charge is -2.28. The molecular weight excluding hydrogens is 591 g/mol. The molecule has 2 heterocycles. The summed E-state index contributed by atoms with van der Waals surface area (Å²) in [6.45, 7) is -1.47. The Morgan fingerprint density at radius 1 is 0.804 bits per heavy atom. The molecule has 0 bridgehead atoms. The zero-order valence-corrected chi connectivity index (χ0v) is 24.7. The van der Waals surface area contributed by atoms with E-state index in [9.17, 15) is 22.8 Å². The van der Waals surface area contributed by atoms with Gasteiger partial charge < -0.3 is 16.4 Å². The molecule has 4 N–H and O–H groups in total. The second-order valence-electron chi connectivity index (χ2n) is 11.0. The number of benzene rings is 3. The molecule has 5 aromatic rings. The highest BCUT2D eigenvalue weighted by Crippen LogP contribution is 2.51. The van der Waals surface area contributed by atoms with E-state index in [1.165, 1.54) is 6.20 Å². The molecule has 0 aliphatic heterocycles. The Hall–Kier alpha value is -5.35. The molecule has 2 aromatic heterocycles. The van der Waals surface area contributed by atoms with E-state index in [1.807, 2.05) is 36.4 Å². The van der Waals surface area contributed by atoms with Gasteiger partial charge in [0.25, 0.3) is 0 Å². The van der Waals surface area contributed by atoms with Crippen molar-refractivity contribution in [1.29, 1.82) is 0 Å². The van der Waals surface area contributed by atoms with Crippen LogP contribution in [0.3, 0.4) is 0 Å². The van der Waals surface area contributed by atoms with Crippen LogP contribution in [-0.4, -0.2) is 52.4 Å². The molecule has 46 heavy (non-hydrogen) atoms. The summed E-state index contributed by atoms with van der Waals surface area (Å²) >= 11 is 0. The van der Waals surface area contributed by atoms with Crippen molar-refractivity contribution in [3.8, 4) is 33.5 Å². The molecule has 0 saturated heterocycles. The number of anilines is 1. The fourth-order valence-corrected chi connectivity index (χ4v) is 6.13. The lowest BCUT2D eigenvalue weighted by Crippen LogP contribution is -2.42. The topological polar surface area (TPSA) is 115 Å². The molecule has 6 rings (SSSR count). The van der Waals surface area contributed by atoms with Crippen molar-refractivity contribution in [2.24, 2.45) is 5.73 Å². The Morgan fingerprint density at radius 2 is 1.54 bits per heavy atom. The molecule has 10 heteroatoms. The minimum absolute atomic E-state index is 0.121. The number of pyridine rings is 2. The van der Waals surface area contributed by atoms with Gasteiger partial charge in [-0.2, -0.15) is 13.2 Å². The smallest absolute Gasteiger partial charge is 0.384 e. The predicted molar refractivity (Wildman–Crippen MR) is 171 cm³/mol. The summed E-state index contributed by atoms with van der Waals surface area (Å²) in [6.07, 6.45) is -1.27. The van der Waals surface area contributed by atoms with Gasteiger partial charge in [0.2, 0.25) is 5.91 Å². The van der Waals surface area contributed by atoms with E-state index < -0.39 is 24.5 Å². The molecule has 1 aliphatic rings. The number of amides is 1. The highest BCUT2D eigenvalue weighted by atomic mass is 19.4. The number of nitrogens with zero attached hydrogens (tertiary/aromatic N) is 3. The van der Waals surface area contributed by atoms with Crippen LogP contribution in [0.4, 0.5) is 19.0 Å². The number of nitrogen functional groups attached to an aromatic ring is 1. The molecule has 1 unspecified atom stereocenters. The van der Waals surface area contributed by atoms with Crippen LogP contribution in [0.5, 0.6) is 0 Å². The Labute approximate surface area is 263 Å². The van der Waals surface area contributed by atoms with Crippen LogP contribution >= 0.6 is 0 Å². The Kier molecular flexibility index (Phi) is 8.38. The summed E-state index contributed by atoms with van der Waals surface area (Å²) in [5.74, 6) is -1.93. The van der Waals surface area contributed by atoms with Crippen molar-refractivity contribution in [2.45, 2.75) is 18.5 Å². The SMILES string of the molecule is NCCCN(CC(F)(F)F)C(=O)C1c2ccccc2-c2ccc(C(=O)c3ccccc3-c3ccccn3)c(-c3ccc(N)nc3)c21. The molecule has 0 fully saturated rings.